The summed E-state index contributed by atoms with van der Waals surface area (Å²) in [5, 5.41) is 13.0. The minimum absolute atomic E-state index is 0.140. The molecule has 1 amide bonds. The summed E-state index contributed by atoms with van der Waals surface area (Å²) in [7, 11) is 1.62. The predicted octanol–water partition coefficient (Wildman–Crippen LogP) is 3.36. The largest absolute Gasteiger partial charge is 0.497 e. The van der Waals surface area contributed by atoms with E-state index < -0.39 is 0 Å². The highest BCUT2D eigenvalue weighted by molar-refractivity contribution is 7.99. The third-order valence-corrected chi connectivity index (χ3v) is 4.95. The predicted molar refractivity (Wildman–Crippen MR) is 111 cm³/mol. The summed E-state index contributed by atoms with van der Waals surface area (Å²) in [6.07, 6.45) is 1.46. The van der Waals surface area contributed by atoms with E-state index in [1.165, 1.54) is 30.1 Å². The lowest BCUT2D eigenvalue weighted by Crippen LogP contribution is -2.20. The van der Waals surface area contributed by atoms with Crippen LogP contribution in [-0.2, 0) is 11.3 Å². The molecule has 1 heterocycles. The second kappa shape index (κ2) is 9.83. The highest BCUT2D eigenvalue weighted by Gasteiger charge is 2.14. The van der Waals surface area contributed by atoms with Crippen molar-refractivity contribution in [1.82, 2.24) is 20.2 Å². The topological polar surface area (TPSA) is 81.4 Å². The third-order valence-electron chi connectivity index (χ3n) is 3.99. The summed E-state index contributed by atoms with van der Waals surface area (Å²) >= 11 is 1.28. The second-order valence-electron chi connectivity index (χ2n) is 5.91. The van der Waals surface area contributed by atoms with Gasteiger partial charge in [-0.15, -0.1) is 10.2 Å². The molecule has 150 valence electrons. The summed E-state index contributed by atoms with van der Waals surface area (Å²) in [5.41, 5.74) is 4.06. The lowest BCUT2D eigenvalue weighted by Gasteiger charge is -2.07. The summed E-state index contributed by atoms with van der Waals surface area (Å²) < 4.78 is 20.0. The summed E-state index contributed by atoms with van der Waals surface area (Å²) in [6.45, 7) is 2.66. The fourth-order valence-electron chi connectivity index (χ4n) is 2.52. The number of hydrazone groups is 1. The molecule has 0 aliphatic heterocycles. The van der Waals surface area contributed by atoms with Gasteiger partial charge in [-0.25, -0.2) is 9.82 Å². The van der Waals surface area contributed by atoms with Crippen LogP contribution in [0.1, 0.15) is 12.5 Å². The Hall–Kier alpha value is -3.20. The number of methoxy groups -OCH3 is 1. The molecule has 3 rings (SSSR count). The average Bonchev–Trinajstić information content (AvgIpc) is 3.16. The van der Waals surface area contributed by atoms with Gasteiger partial charge in [0.15, 0.2) is 11.0 Å². The Kier molecular flexibility index (Phi) is 6.96. The molecule has 1 N–H and O–H groups in total. The van der Waals surface area contributed by atoms with Crippen molar-refractivity contribution in [3.05, 3.63) is 59.9 Å². The van der Waals surface area contributed by atoms with E-state index in [4.69, 9.17) is 4.74 Å². The van der Waals surface area contributed by atoms with Crippen molar-refractivity contribution in [2.45, 2.75) is 18.6 Å². The molecule has 2 aromatic carbocycles. The van der Waals surface area contributed by atoms with Crippen LogP contribution in [0.2, 0.25) is 0 Å². The van der Waals surface area contributed by atoms with E-state index in [1.54, 1.807) is 19.2 Å². The van der Waals surface area contributed by atoms with Gasteiger partial charge in [-0.3, -0.25) is 4.79 Å². The van der Waals surface area contributed by atoms with Crippen LogP contribution in [0.25, 0.3) is 11.4 Å². The molecule has 0 aliphatic carbocycles. The van der Waals surface area contributed by atoms with Crippen molar-refractivity contribution in [3.63, 3.8) is 0 Å². The molecule has 0 unspecified atom stereocenters. The smallest absolute Gasteiger partial charge is 0.250 e. The summed E-state index contributed by atoms with van der Waals surface area (Å²) in [5.74, 6) is 1.04. The van der Waals surface area contributed by atoms with Gasteiger partial charge in [0.25, 0.3) is 5.91 Å². The van der Waals surface area contributed by atoms with Crippen LogP contribution in [0.3, 0.4) is 0 Å². The molecule has 9 heteroatoms. The Morgan fingerprint density at radius 2 is 1.93 bits per heavy atom. The maximum absolute atomic E-state index is 12.9. The lowest BCUT2D eigenvalue weighted by atomic mass is 10.2. The van der Waals surface area contributed by atoms with Gasteiger partial charge in [-0.05, 0) is 48.9 Å². The zero-order valence-electron chi connectivity index (χ0n) is 16.0. The van der Waals surface area contributed by atoms with Crippen LogP contribution in [0.15, 0.2) is 58.8 Å². The van der Waals surface area contributed by atoms with E-state index in [0.717, 1.165) is 17.1 Å². The zero-order chi connectivity index (χ0) is 20.6. The molecule has 3 aromatic rings. The molecule has 0 radical (unpaired) electrons. The number of carbonyl (C=O) groups is 1. The SMILES string of the molecule is CCn1c(SCC(=O)NN=Cc2ccc(F)cc2)nnc1-c1ccc(OC)cc1. The first kappa shape index (κ1) is 20.5. The molecule has 0 spiro atoms. The van der Waals surface area contributed by atoms with E-state index in [1.807, 2.05) is 35.8 Å². The van der Waals surface area contributed by atoms with E-state index in [-0.39, 0.29) is 17.5 Å². The number of aromatic nitrogens is 3. The number of hydrogen-bond acceptors (Lipinski definition) is 6. The lowest BCUT2D eigenvalue weighted by molar-refractivity contribution is -0.118. The van der Waals surface area contributed by atoms with Crippen molar-refractivity contribution in [3.8, 4) is 17.1 Å². The highest BCUT2D eigenvalue weighted by atomic mass is 32.2. The number of thioether (sulfide) groups is 1. The molecular weight excluding hydrogens is 393 g/mol. The summed E-state index contributed by atoms with van der Waals surface area (Å²) in [6, 6.07) is 13.4. The zero-order valence-corrected chi connectivity index (χ0v) is 16.8. The quantitative estimate of drug-likeness (QED) is 0.348. The maximum Gasteiger partial charge on any atom is 0.250 e. The fourth-order valence-corrected chi connectivity index (χ4v) is 3.32. The van der Waals surface area contributed by atoms with E-state index >= 15 is 0 Å². The van der Waals surface area contributed by atoms with Crippen molar-refractivity contribution in [1.29, 1.82) is 0 Å². The van der Waals surface area contributed by atoms with Gasteiger partial charge >= 0.3 is 0 Å². The van der Waals surface area contributed by atoms with Crippen molar-refractivity contribution in [2.75, 3.05) is 12.9 Å². The number of amides is 1. The van der Waals surface area contributed by atoms with E-state index in [9.17, 15) is 9.18 Å². The van der Waals surface area contributed by atoms with Crippen molar-refractivity contribution in [2.24, 2.45) is 5.10 Å². The molecule has 0 atom stereocenters. The van der Waals surface area contributed by atoms with Gasteiger partial charge in [-0.2, -0.15) is 5.10 Å². The number of halogens is 1. The average molecular weight is 413 g/mol. The molecule has 29 heavy (non-hydrogen) atoms. The molecule has 1 aromatic heterocycles. The minimum Gasteiger partial charge on any atom is -0.497 e. The molecule has 7 nitrogen and oxygen atoms in total. The standard InChI is InChI=1S/C20H20FN5O2S/c1-3-26-19(15-6-10-17(28-2)11-7-15)24-25-20(26)29-13-18(27)23-22-12-14-4-8-16(21)9-5-14/h4-12H,3,13H2,1-2H3,(H,23,27). The number of hydrogen-bond donors (Lipinski definition) is 1. The van der Waals surface area contributed by atoms with Crippen molar-refractivity contribution < 1.29 is 13.9 Å². The normalized spacial score (nSPS) is 11.0. The second-order valence-corrected chi connectivity index (χ2v) is 6.85. The number of nitrogens with one attached hydrogen (secondary N) is 1. The summed E-state index contributed by atoms with van der Waals surface area (Å²) in [4.78, 5) is 12.0. The number of benzene rings is 2. The van der Waals surface area contributed by atoms with Gasteiger partial charge in [0, 0.05) is 12.1 Å². The molecule has 0 saturated carbocycles. The van der Waals surface area contributed by atoms with Gasteiger partial charge in [0.1, 0.15) is 11.6 Å². The fraction of sp³-hybridized carbons (Fsp3) is 0.200. The Balaban J connectivity index is 1.59. The molecule has 0 fully saturated rings. The van der Waals surface area contributed by atoms with E-state index in [0.29, 0.717) is 17.3 Å². The Labute approximate surface area is 172 Å². The first-order valence-corrected chi connectivity index (χ1v) is 9.87. The monoisotopic (exact) mass is 413 g/mol. The van der Waals surface area contributed by atoms with Crippen LogP contribution >= 0.6 is 11.8 Å². The van der Waals surface area contributed by atoms with Crippen LogP contribution in [0.5, 0.6) is 5.75 Å². The molecule has 0 saturated heterocycles. The Morgan fingerprint density at radius 3 is 2.59 bits per heavy atom. The Morgan fingerprint density at radius 1 is 1.21 bits per heavy atom. The van der Waals surface area contributed by atoms with Crippen LogP contribution in [-0.4, -0.2) is 39.7 Å². The number of ether oxygens (including phenoxy) is 1. The van der Waals surface area contributed by atoms with Crippen molar-refractivity contribution >= 4 is 23.9 Å². The van der Waals surface area contributed by atoms with Crippen LogP contribution < -0.4 is 10.2 Å². The van der Waals surface area contributed by atoms with Gasteiger partial charge in [0.05, 0.1) is 19.1 Å². The highest BCUT2D eigenvalue weighted by Crippen LogP contribution is 2.25. The van der Waals surface area contributed by atoms with E-state index in [2.05, 4.69) is 20.7 Å². The van der Waals surface area contributed by atoms with Gasteiger partial charge in [0.2, 0.25) is 0 Å². The first-order valence-electron chi connectivity index (χ1n) is 8.88. The van der Waals surface area contributed by atoms with Crippen LogP contribution in [0, 0.1) is 5.82 Å². The Bertz CT molecular complexity index is 987. The van der Waals surface area contributed by atoms with Gasteiger partial charge < -0.3 is 9.30 Å². The number of nitrogens with zero attached hydrogens (tertiary/aromatic N) is 4. The first-order chi connectivity index (χ1) is 14.1. The number of carbonyl (C=O) groups excluding carboxylic acids is 1. The maximum atomic E-state index is 12.9. The minimum atomic E-state index is -0.323. The molecule has 0 bridgehead atoms. The molecular formula is C20H20FN5O2S. The molecule has 0 aliphatic rings. The van der Waals surface area contributed by atoms with Gasteiger partial charge in [-0.1, -0.05) is 23.9 Å². The number of rotatable bonds is 8. The third kappa shape index (κ3) is 5.41. The van der Waals surface area contributed by atoms with Crippen LogP contribution in [0.4, 0.5) is 4.39 Å².